The molecule has 1 aliphatic heterocycles. The van der Waals surface area contributed by atoms with Crippen molar-refractivity contribution in [3.05, 3.63) is 29.3 Å². The standard InChI is InChI=1S/C53H84F4N8O17/c1-52(2,32-59-41(67)14-13-39(51(77)78)65-23-21-63(30-44(71)72)19-17-62(29-43(69)70)18-20-64(22-24-65)31-45(73)74)34-81-35-53(3,4)33-60-50(76)38(61-42(68)15-25-80-27-26-79-5)10-8-9-16-58-40(66)11-6-7-12-46(75)82-49-47(56)36(54)28-37(55)48(49)57/h28,38-39H,6-27,29-35H2,1-5H3,(H,58,66)(H,59,67)(H,60,76)(H,61,68)(H,69,70)(H,71,72)(H,73,74)(H,77,78)/t38-,39?/m1/s1. The first-order chi connectivity index (χ1) is 38.6. The fourth-order valence-corrected chi connectivity index (χ4v) is 8.32. The summed E-state index contributed by atoms with van der Waals surface area (Å²) < 4.78 is 75.4. The zero-order valence-corrected chi connectivity index (χ0v) is 47.6. The number of unbranched alkanes of at least 4 members (excludes halogenated alkanes) is 2. The molecule has 1 aromatic carbocycles. The highest BCUT2D eigenvalue weighted by Crippen LogP contribution is 2.27. The molecule has 0 saturated carbocycles. The quantitative estimate of drug-likeness (QED) is 0.0153. The van der Waals surface area contributed by atoms with E-state index in [1.807, 2.05) is 27.7 Å². The van der Waals surface area contributed by atoms with Gasteiger partial charge in [-0.3, -0.25) is 62.8 Å². The molecule has 8 N–H and O–H groups in total. The van der Waals surface area contributed by atoms with Crippen LogP contribution in [0.15, 0.2) is 6.07 Å². The van der Waals surface area contributed by atoms with Crippen molar-refractivity contribution in [3.63, 3.8) is 0 Å². The summed E-state index contributed by atoms with van der Waals surface area (Å²) in [5, 5.41) is 50.1. The number of ether oxygens (including phenoxy) is 4. The number of amides is 4. The normalized spacial score (nSPS) is 15.3. The molecule has 1 saturated heterocycles. The van der Waals surface area contributed by atoms with Gasteiger partial charge in [-0.2, -0.15) is 8.78 Å². The molecule has 0 aromatic heterocycles. The van der Waals surface area contributed by atoms with Crippen LogP contribution in [-0.2, 0) is 57.4 Å². The molecule has 2 atom stereocenters. The van der Waals surface area contributed by atoms with Crippen LogP contribution in [0.2, 0.25) is 0 Å². The smallest absolute Gasteiger partial charge is 0.320 e. The van der Waals surface area contributed by atoms with Gasteiger partial charge in [0.15, 0.2) is 11.6 Å². The monoisotopic (exact) mass is 1180 g/mol. The molecule has 1 heterocycles. The molecule has 0 spiro atoms. The first-order valence-electron chi connectivity index (χ1n) is 27.2. The molecule has 2 rings (SSSR count). The van der Waals surface area contributed by atoms with Crippen molar-refractivity contribution in [3.8, 4) is 5.75 Å². The summed E-state index contributed by atoms with van der Waals surface area (Å²) in [5.41, 5.74) is -1.23. The molecule has 1 aliphatic rings. The molecule has 466 valence electrons. The summed E-state index contributed by atoms with van der Waals surface area (Å²) in [4.78, 5) is 118. The number of nitrogens with one attached hydrogen (secondary N) is 4. The molecule has 1 unspecified atom stereocenters. The van der Waals surface area contributed by atoms with E-state index in [4.69, 9.17) is 14.2 Å². The second kappa shape index (κ2) is 37.9. The minimum atomic E-state index is -1.85. The molecule has 0 bridgehead atoms. The van der Waals surface area contributed by atoms with E-state index in [-0.39, 0.29) is 181 Å². The molecule has 82 heavy (non-hydrogen) atoms. The Balaban J connectivity index is 1.91. The SMILES string of the molecule is COCCOCCC(=O)N[C@H](CCCCNC(=O)CCCCC(=O)Oc1c(F)c(F)cc(F)c1F)C(=O)NCC(C)(C)COCC(C)(C)CNC(=O)CCC(C(=O)O)N1CCN(CC(=O)O)CCN(CC(=O)O)CCN(CC(=O)O)CC1. The van der Waals surface area contributed by atoms with E-state index in [9.17, 15) is 81.1 Å². The Morgan fingerprint density at radius 2 is 1.07 bits per heavy atom. The Morgan fingerprint density at radius 3 is 1.59 bits per heavy atom. The van der Waals surface area contributed by atoms with Crippen LogP contribution >= 0.6 is 0 Å². The maximum atomic E-state index is 13.8. The van der Waals surface area contributed by atoms with Crippen molar-refractivity contribution >= 4 is 53.5 Å². The molecule has 0 radical (unpaired) electrons. The molecule has 0 aliphatic carbocycles. The van der Waals surface area contributed by atoms with Crippen molar-refractivity contribution in [2.24, 2.45) is 10.8 Å². The molecule has 4 amide bonds. The summed E-state index contributed by atoms with van der Waals surface area (Å²) >= 11 is 0. The first-order valence-corrected chi connectivity index (χ1v) is 27.2. The fraction of sp³-hybridized carbons (Fsp3) is 0.717. The molecular weight excluding hydrogens is 1100 g/mol. The number of hydrogen-bond donors (Lipinski definition) is 8. The van der Waals surface area contributed by atoms with Crippen LogP contribution in [-0.4, -0.2) is 237 Å². The maximum absolute atomic E-state index is 13.8. The third kappa shape index (κ3) is 30.8. The molecule has 25 nitrogen and oxygen atoms in total. The average Bonchev–Trinajstić information content (AvgIpc) is 3.61. The number of methoxy groups -OCH3 is 1. The largest absolute Gasteiger partial charge is 0.480 e. The lowest BCUT2D eigenvalue weighted by Crippen LogP contribution is -2.52. The zero-order chi connectivity index (χ0) is 61.4. The minimum absolute atomic E-state index is 0.0185. The van der Waals surface area contributed by atoms with Gasteiger partial charge in [0, 0.05) is 122 Å². The van der Waals surface area contributed by atoms with E-state index in [0.29, 0.717) is 19.4 Å². The van der Waals surface area contributed by atoms with Crippen molar-refractivity contribution in [1.82, 2.24) is 40.9 Å². The number of rotatable bonds is 38. The summed E-state index contributed by atoms with van der Waals surface area (Å²) in [6.07, 6.45) is 0.536. The Kier molecular flexibility index (Phi) is 33.3. The van der Waals surface area contributed by atoms with E-state index >= 15 is 0 Å². The number of benzene rings is 1. The topological polar surface area (TPSA) is 333 Å². The van der Waals surface area contributed by atoms with Crippen molar-refractivity contribution < 1.29 is 100 Å². The molecule has 1 aromatic rings. The first kappa shape index (κ1) is 72.0. The summed E-state index contributed by atoms with van der Waals surface area (Å²) in [6, 6.07) is -2.15. The van der Waals surface area contributed by atoms with E-state index in [1.54, 1.807) is 19.6 Å². The number of hydrogen-bond acceptors (Lipinski definition) is 17. The summed E-state index contributed by atoms with van der Waals surface area (Å²) in [6.45, 7) is 8.83. The van der Waals surface area contributed by atoms with Crippen LogP contribution in [0.4, 0.5) is 17.6 Å². The number of carboxylic acid groups (broad SMARTS) is 4. The van der Waals surface area contributed by atoms with Crippen LogP contribution in [0.3, 0.4) is 0 Å². The summed E-state index contributed by atoms with van der Waals surface area (Å²) in [5.74, 6) is -16.1. The maximum Gasteiger partial charge on any atom is 0.320 e. The number of halogens is 4. The highest BCUT2D eigenvalue weighted by atomic mass is 19.2. The van der Waals surface area contributed by atoms with E-state index in [1.165, 1.54) is 7.11 Å². The van der Waals surface area contributed by atoms with E-state index in [0.717, 1.165) is 0 Å². The third-order valence-electron chi connectivity index (χ3n) is 12.9. The second-order valence-electron chi connectivity index (χ2n) is 21.6. The van der Waals surface area contributed by atoms with Gasteiger partial charge >= 0.3 is 29.8 Å². The van der Waals surface area contributed by atoms with Crippen LogP contribution in [0.25, 0.3) is 0 Å². The second-order valence-corrected chi connectivity index (χ2v) is 21.6. The van der Waals surface area contributed by atoms with Crippen LogP contribution in [0.5, 0.6) is 5.75 Å². The van der Waals surface area contributed by atoms with Gasteiger partial charge in [0.25, 0.3) is 0 Å². The van der Waals surface area contributed by atoms with E-state index < -0.39 is 99.5 Å². The van der Waals surface area contributed by atoms with Gasteiger partial charge in [0.05, 0.1) is 52.7 Å². The minimum Gasteiger partial charge on any atom is -0.480 e. The van der Waals surface area contributed by atoms with Gasteiger partial charge in [-0.05, 0) is 38.5 Å². The van der Waals surface area contributed by atoms with E-state index in [2.05, 4.69) is 26.0 Å². The van der Waals surface area contributed by atoms with Gasteiger partial charge in [0.2, 0.25) is 41.0 Å². The highest BCUT2D eigenvalue weighted by Gasteiger charge is 2.31. The lowest BCUT2D eigenvalue weighted by atomic mass is 9.92. The third-order valence-corrected chi connectivity index (χ3v) is 12.9. The Morgan fingerprint density at radius 1 is 0.573 bits per heavy atom. The molecular formula is C53H84F4N8O17. The number of aliphatic carboxylic acids is 4. The number of esters is 1. The lowest BCUT2D eigenvalue weighted by molar-refractivity contribution is -0.145. The zero-order valence-electron chi connectivity index (χ0n) is 47.6. The summed E-state index contributed by atoms with van der Waals surface area (Å²) in [7, 11) is 1.51. The van der Waals surface area contributed by atoms with Crippen LogP contribution in [0.1, 0.15) is 91.9 Å². The Bertz CT molecular complexity index is 2190. The predicted molar refractivity (Wildman–Crippen MR) is 285 cm³/mol. The average molecular weight is 1180 g/mol. The number of nitrogens with zero attached hydrogens (tertiary/aromatic N) is 4. The van der Waals surface area contributed by atoms with Gasteiger partial charge in [-0.1, -0.05) is 27.7 Å². The van der Waals surface area contributed by atoms with Crippen molar-refractivity contribution in [2.75, 3.05) is 132 Å². The van der Waals surface area contributed by atoms with Crippen molar-refractivity contribution in [2.45, 2.75) is 104 Å². The number of carboxylic acids is 4. The highest BCUT2D eigenvalue weighted by molar-refractivity contribution is 5.87. The fourth-order valence-electron chi connectivity index (χ4n) is 8.32. The lowest BCUT2D eigenvalue weighted by Gasteiger charge is -2.35. The van der Waals surface area contributed by atoms with Crippen molar-refractivity contribution in [1.29, 1.82) is 0 Å². The number of carbonyl (C=O) groups is 9. The molecule has 29 heteroatoms. The molecule has 1 fully saturated rings. The van der Waals surface area contributed by atoms with Gasteiger partial charge in [0.1, 0.15) is 12.1 Å². The number of carbonyl (C=O) groups excluding carboxylic acids is 5. The van der Waals surface area contributed by atoms with Gasteiger partial charge < -0.3 is 60.6 Å². The predicted octanol–water partition coefficient (Wildman–Crippen LogP) is 1.54. The van der Waals surface area contributed by atoms with Gasteiger partial charge in [-0.25, -0.2) is 8.78 Å². The van der Waals surface area contributed by atoms with Crippen LogP contribution < -0.4 is 26.0 Å². The Labute approximate surface area is 475 Å². The Hall–Kier alpha value is -6.11. The van der Waals surface area contributed by atoms with Crippen LogP contribution in [0, 0.1) is 34.1 Å². The van der Waals surface area contributed by atoms with Gasteiger partial charge in [-0.15, -0.1) is 0 Å².